The average molecular weight is 1910 g/mol. The number of imidazole rings is 6. The first-order valence-corrected chi connectivity index (χ1v) is 51.1. The van der Waals surface area contributed by atoms with E-state index in [4.69, 9.17) is 28.1 Å². The van der Waals surface area contributed by atoms with Crippen molar-refractivity contribution in [2.45, 2.75) is 231 Å². The number of alkyl carbamates (subject to hydrolysis) is 2. The summed E-state index contributed by atoms with van der Waals surface area (Å²) in [6, 6.07) is 25.8. The SMILES string of the molecule is CC1(C)OB(B2OC(C)(C)C(C)(C)O2)OC1(C)C.CN1CCC[C@@H]1c1ncc(-c2ccc(-c3ccc(-c4cnc([C@H]5CCCN5C)[nH]4)s3)s2)[nH]1.COC(=O)N[C@H](C(=O)N1CCC[C@H]1c1ncc(-c2ccc(-c3ccc(-c4cnc([C@@H]5CCCN5C(=O)[C@@H](NC(=O)OC)C(C)C)[nH]4)s3)s2)[nH]1)C(C)C.c1nc([C@H]2CCCN2)[nH]c1-c1ccc(-c2ccc(-c3cnc([C@H]4CCCN4)[nH]3)s2)s1. The van der Waals surface area contributed by atoms with Crippen molar-refractivity contribution < 1.29 is 47.3 Å². The molecule has 8 saturated heterocycles. The van der Waals surface area contributed by atoms with Crippen LogP contribution in [0.2, 0.25) is 0 Å². The highest BCUT2D eigenvalue weighted by atomic mass is 32.1. The lowest BCUT2D eigenvalue weighted by Crippen LogP contribution is -2.51. The van der Waals surface area contributed by atoms with Crippen molar-refractivity contribution in [2.75, 3.05) is 67.6 Å². The summed E-state index contributed by atoms with van der Waals surface area (Å²) in [5.41, 5.74) is 4.77. The number of H-pyrrole nitrogens is 6. The van der Waals surface area contributed by atoms with Crippen LogP contribution in [0.5, 0.6) is 0 Å². The lowest BCUT2D eigenvalue weighted by Gasteiger charge is -2.32. The number of aromatic amines is 6. The normalized spacial score (nSPS) is 22.0. The molecule has 700 valence electrons. The number of carbonyl (C=O) groups is 4. The Labute approximate surface area is 796 Å². The Morgan fingerprint density at radius 2 is 0.606 bits per heavy atom. The van der Waals surface area contributed by atoms with E-state index in [1.165, 1.54) is 91.8 Å². The van der Waals surface area contributed by atoms with Crippen LogP contribution in [0, 0.1) is 11.8 Å². The molecule has 20 heterocycles. The van der Waals surface area contributed by atoms with Crippen LogP contribution in [-0.4, -0.2) is 219 Å². The number of amides is 4. The van der Waals surface area contributed by atoms with Crippen LogP contribution in [0.25, 0.3) is 92.7 Å². The van der Waals surface area contributed by atoms with Gasteiger partial charge in [-0.05, 0) is 257 Å². The molecule has 0 aliphatic carbocycles. The molecule has 8 fully saturated rings. The summed E-state index contributed by atoms with van der Waals surface area (Å²) in [5.74, 6) is 5.27. The van der Waals surface area contributed by atoms with Gasteiger partial charge in [0.1, 0.15) is 47.0 Å². The molecule has 132 heavy (non-hydrogen) atoms. The van der Waals surface area contributed by atoms with Crippen molar-refractivity contribution in [3.05, 3.63) is 145 Å². The lowest BCUT2D eigenvalue weighted by molar-refractivity contribution is -0.136. The number of nitrogens with zero attached hydrogens (tertiary/aromatic N) is 10. The largest absolute Gasteiger partial charge is 0.488 e. The highest BCUT2D eigenvalue weighted by Crippen LogP contribution is 2.48. The molecule has 20 rings (SSSR count). The third-order valence-corrected chi connectivity index (χ3v) is 34.5. The number of likely N-dealkylation sites (tertiary alicyclic amines) is 4. The number of hydrogen-bond acceptors (Lipinski definition) is 26. The molecule has 30 nitrogen and oxygen atoms in total. The summed E-state index contributed by atoms with van der Waals surface area (Å²) in [4.78, 5) is 123. The second-order valence-electron chi connectivity index (χ2n) is 38.0. The number of carbonyl (C=O) groups excluding carboxylic acids is 4. The highest BCUT2D eigenvalue weighted by molar-refractivity contribution is 7.26. The average Bonchev–Trinajstić information content (AvgIpc) is 1.59. The summed E-state index contributed by atoms with van der Waals surface area (Å²) in [7, 11) is 6.00. The van der Waals surface area contributed by atoms with E-state index in [-0.39, 0.29) is 58.1 Å². The van der Waals surface area contributed by atoms with Gasteiger partial charge in [0.25, 0.3) is 0 Å². The summed E-state index contributed by atoms with van der Waals surface area (Å²) >= 11 is 10.6. The van der Waals surface area contributed by atoms with Gasteiger partial charge in [0, 0.05) is 42.4 Å². The molecule has 0 spiro atoms. The van der Waals surface area contributed by atoms with Gasteiger partial charge in [0.15, 0.2) is 0 Å². The molecular weight excluding hydrogens is 1780 g/mol. The number of methoxy groups -OCH3 is 2. The molecule has 12 aromatic rings. The second-order valence-corrected chi connectivity index (χ2v) is 44.5. The molecule has 0 aromatic carbocycles. The predicted octanol–water partition coefficient (Wildman–Crippen LogP) is 19.5. The maximum absolute atomic E-state index is 13.5. The minimum absolute atomic E-state index is 0.105. The van der Waals surface area contributed by atoms with E-state index < -0.39 is 38.3 Å². The summed E-state index contributed by atoms with van der Waals surface area (Å²) in [6.07, 6.45) is 23.2. The second kappa shape index (κ2) is 40.0. The number of thiophene rings is 6. The van der Waals surface area contributed by atoms with Gasteiger partial charge in [-0.25, -0.2) is 39.5 Å². The molecule has 4 amide bonds. The van der Waals surface area contributed by atoms with Gasteiger partial charge in [0.2, 0.25) is 11.8 Å². The van der Waals surface area contributed by atoms with Gasteiger partial charge >= 0.3 is 26.2 Å². The standard InChI is InChI=1S/C36H46N8O6S2.C24H28N6S2.C22H24N6S2.C12H24B2O4/c1-19(2)29(41-35(47)49-5)33(45)43-15-7-9-23(43)31-37-17-21(39-31)25-11-13-27(51-25)28-14-12-26(52-28)22-18-38-32(40-22)24-10-8-16-44(24)34(46)30(20(3)4)42-36(48)50-6;1-29-11-3-5-17(29)23-25-13-15(27-23)19-7-9-21(31-19)22-10-8-20(32-22)16-14-26-24(28-16)18-6-4-12-30(18)2;1-3-13(23-9-1)21-25-11-15(27-21)17-5-7-19(29-17)20-8-6-18(30-20)16-12-26-22(28-16)14-4-2-10-24-14;1-9(2)10(3,4)16-13(15-9)14-17-11(5,6)12(7,8)18-14/h11-14,17-20,23-24,29-30H,7-10,15-16H2,1-6H3,(H,37,39)(H,38,40)(H,41,47)(H,42,48);7-10,13-14,17-18H,3-6,11-12H2,1-2H3,(H,25,27)(H,26,28);5-8,11-14,23-24H,1-4,9-10H2,(H,25,27)(H,26,28);1-8H3/t23-,24-,29-,30-;17-,18-;13-,14-;/m011./s1. The van der Waals surface area contributed by atoms with Crippen molar-refractivity contribution in [1.82, 2.24) is 101 Å². The van der Waals surface area contributed by atoms with Crippen LogP contribution in [-0.2, 0) is 37.7 Å². The van der Waals surface area contributed by atoms with Crippen molar-refractivity contribution in [3.8, 4) is 92.7 Å². The zero-order valence-electron chi connectivity index (χ0n) is 78.1. The van der Waals surface area contributed by atoms with Gasteiger partial charge in [-0.3, -0.25) is 19.4 Å². The van der Waals surface area contributed by atoms with Gasteiger partial charge < -0.3 is 89.1 Å². The van der Waals surface area contributed by atoms with Crippen LogP contribution in [0.1, 0.15) is 231 Å². The Bertz CT molecular complexity index is 5560. The minimum atomic E-state index is -0.688. The zero-order valence-corrected chi connectivity index (χ0v) is 83.0. The van der Waals surface area contributed by atoms with Crippen molar-refractivity contribution in [2.24, 2.45) is 11.8 Å². The zero-order chi connectivity index (χ0) is 92.7. The monoisotopic (exact) mass is 1900 g/mol. The maximum atomic E-state index is 13.5. The Morgan fingerprint density at radius 1 is 0.364 bits per heavy atom. The maximum Gasteiger partial charge on any atom is 0.488 e. The third kappa shape index (κ3) is 20.5. The van der Waals surface area contributed by atoms with Crippen molar-refractivity contribution >= 4 is 106 Å². The van der Waals surface area contributed by atoms with Crippen molar-refractivity contribution in [1.29, 1.82) is 0 Å². The van der Waals surface area contributed by atoms with E-state index in [1.54, 1.807) is 22.7 Å². The summed E-state index contributed by atoms with van der Waals surface area (Å²) < 4.78 is 33.4. The van der Waals surface area contributed by atoms with Crippen LogP contribution >= 0.6 is 68.0 Å². The molecule has 0 radical (unpaired) electrons. The number of ether oxygens (including phenoxy) is 2. The van der Waals surface area contributed by atoms with E-state index in [2.05, 4.69) is 178 Å². The fourth-order valence-electron chi connectivity index (χ4n) is 18.2. The number of nitrogens with one attached hydrogen (secondary N) is 10. The quantitative estimate of drug-likeness (QED) is 0.0282. The van der Waals surface area contributed by atoms with E-state index in [1.807, 2.05) is 175 Å². The van der Waals surface area contributed by atoms with Gasteiger partial charge in [-0.2, -0.15) is 0 Å². The first-order chi connectivity index (χ1) is 63.3. The topological polar surface area (TPSA) is 357 Å². The Balaban J connectivity index is 0.000000131. The van der Waals surface area contributed by atoms with Crippen LogP contribution < -0.4 is 21.3 Å². The molecule has 38 heteroatoms. The molecule has 8 aliphatic rings. The Hall–Kier alpha value is -9.25. The minimum Gasteiger partial charge on any atom is -0.453 e. The van der Waals surface area contributed by atoms with Gasteiger partial charge in [-0.1, -0.05) is 27.7 Å². The van der Waals surface area contributed by atoms with E-state index >= 15 is 0 Å². The molecular formula is C94H122B2N20O10S6. The first kappa shape index (κ1) is 94.5. The highest BCUT2D eigenvalue weighted by Gasteiger charge is 2.64. The smallest absolute Gasteiger partial charge is 0.453 e. The molecule has 0 bridgehead atoms. The van der Waals surface area contributed by atoms with E-state index in [9.17, 15) is 19.2 Å². The number of aromatic nitrogens is 12. The molecule has 0 saturated carbocycles. The van der Waals surface area contributed by atoms with E-state index in [0.29, 0.717) is 37.3 Å². The first-order valence-electron chi connectivity index (χ1n) is 46.2. The Kier molecular flexibility index (Phi) is 28.6. The Morgan fingerprint density at radius 3 is 0.848 bits per heavy atom. The van der Waals surface area contributed by atoms with Gasteiger partial charge in [-0.15, -0.1) is 68.0 Å². The molecule has 12 aromatic heterocycles. The number of rotatable bonds is 22. The number of hydrogen-bond donors (Lipinski definition) is 10. The van der Waals surface area contributed by atoms with Crippen LogP contribution in [0.4, 0.5) is 9.59 Å². The van der Waals surface area contributed by atoms with Crippen molar-refractivity contribution in [3.63, 3.8) is 0 Å². The molecule has 8 aliphatic heterocycles. The van der Waals surface area contributed by atoms with Crippen LogP contribution in [0.15, 0.2) is 110 Å². The van der Waals surface area contributed by atoms with Gasteiger partial charge in [0.05, 0.1) is 173 Å². The fraction of sp³-hybridized carbons (Fsp3) is 0.511. The fourth-order valence-corrected chi connectivity index (χ4v) is 24.3. The molecule has 10 N–H and O–H groups in total. The molecule has 8 atom stereocenters. The molecule has 0 unspecified atom stereocenters. The lowest BCUT2D eigenvalue weighted by atomic mass is 9.49. The van der Waals surface area contributed by atoms with E-state index in [0.717, 1.165) is 153 Å². The predicted molar refractivity (Wildman–Crippen MR) is 525 cm³/mol. The summed E-state index contributed by atoms with van der Waals surface area (Å²) in [6.45, 7) is 29.5. The third-order valence-electron chi connectivity index (χ3n) is 27.2. The van der Waals surface area contributed by atoms with Crippen LogP contribution in [0.3, 0.4) is 0 Å². The summed E-state index contributed by atoms with van der Waals surface area (Å²) in [5, 5.41) is 12.4.